The van der Waals surface area contributed by atoms with Gasteiger partial charge >= 0.3 is 0 Å². The molecule has 3 N–H and O–H groups in total. The number of aromatic nitrogens is 1. The molecule has 9 nitrogen and oxygen atoms in total. The number of amides is 3. The number of thiazole rings is 1. The van der Waals surface area contributed by atoms with Crippen LogP contribution in [0, 0.1) is 0 Å². The van der Waals surface area contributed by atoms with E-state index in [-0.39, 0.29) is 11.6 Å². The number of benzene rings is 3. The van der Waals surface area contributed by atoms with E-state index in [1.807, 2.05) is 42.6 Å². The quantitative estimate of drug-likeness (QED) is 0.0966. The number of hydrogen-bond donors (Lipinski definition) is 3. The Morgan fingerprint density at radius 1 is 0.978 bits per heavy atom. The molecular formula is C34H30N4O5S2. The molecule has 3 aromatic carbocycles. The molecule has 3 amide bonds. The number of carbonyl (C=O) groups is 3. The van der Waals surface area contributed by atoms with E-state index < -0.39 is 17.1 Å². The molecule has 0 radical (unpaired) electrons. The third kappa shape index (κ3) is 8.49. The van der Waals surface area contributed by atoms with Crippen LogP contribution in [-0.2, 0) is 9.59 Å². The Morgan fingerprint density at radius 3 is 2.56 bits per heavy atom. The standard InChI is InChI=1S/C34H30N4O5S2/c1-3-30(33(41)38-34-37-29(21-44-34)23-12-7-14-25(18-23)42-2)45-27-16-8-13-24(19-27)35-32(40)28(20-26-15-9-17-43-26)36-31(39)22-10-5-4-6-11-22/h4-21,30H,3H2,1-2H3,(H,35,40)(H,36,39)(H,37,38,41)/b28-20-. The first kappa shape index (κ1) is 31.3. The molecule has 45 heavy (non-hydrogen) atoms. The first-order valence-electron chi connectivity index (χ1n) is 14.0. The highest BCUT2D eigenvalue weighted by Crippen LogP contribution is 2.31. The summed E-state index contributed by atoms with van der Waals surface area (Å²) >= 11 is 2.74. The molecule has 0 saturated carbocycles. The van der Waals surface area contributed by atoms with Gasteiger partial charge in [0.2, 0.25) is 5.91 Å². The second kappa shape index (κ2) is 15.0. The molecule has 0 spiro atoms. The summed E-state index contributed by atoms with van der Waals surface area (Å²) in [7, 11) is 1.61. The van der Waals surface area contributed by atoms with Gasteiger partial charge in [-0.2, -0.15) is 0 Å². The molecule has 1 atom stereocenters. The van der Waals surface area contributed by atoms with Crippen molar-refractivity contribution in [1.82, 2.24) is 10.3 Å². The molecule has 0 aliphatic heterocycles. The lowest BCUT2D eigenvalue weighted by Gasteiger charge is -2.15. The van der Waals surface area contributed by atoms with Crippen molar-refractivity contribution >= 4 is 57.7 Å². The Labute approximate surface area is 268 Å². The normalized spacial score (nSPS) is 11.8. The number of furan rings is 1. The second-order valence-electron chi connectivity index (χ2n) is 9.65. The fourth-order valence-electron chi connectivity index (χ4n) is 4.22. The molecule has 5 rings (SSSR count). The van der Waals surface area contributed by atoms with Gasteiger partial charge in [0, 0.05) is 33.2 Å². The number of methoxy groups -OCH3 is 1. The molecular weight excluding hydrogens is 609 g/mol. The summed E-state index contributed by atoms with van der Waals surface area (Å²) in [6.07, 6.45) is 3.52. The van der Waals surface area contributed by atoms with Crippen molar-refractivity contribution in [2.24, 2.45) is 0 Å². The van der Waals surface area contributed by atoms with Crippen molar-refractivity contribution in [3.05, 3.63) is 120 Å². The van der Waals surface area contributed by atoms with Crippen LogP contribution in [0.2, 0.25) is 0 Å². The van der Waals surface area contributed by atoms with Crippen LogP contribution in [0.5, 0.6) is 5.75 Å². The van der Waals surface area contributed by atoms with E-state index in [0.717, 1.165) is 21.9 Å². The predicted molar refractivity (Wildman–Crippen MR) is 178 cm³/mol. The molecule has 0 bridgehead atoms. The summed E-state index contributed by atoms with van der Waals surface area (Å²) in [5.74, 6) is 0.00799. The van der Waals surface area contributed by atoms with Gasteiger partial charge in [0.25, 0.3) is 11.8 Å². The smallest absolute Gasteiger partial charge is 0.272 e. The molecule has 0 aliphatic carbocycles. The molecule has 2 heterocycles. The van der Waals surface area contributed by atoms with Crippen molar-refractivity contribution in [1.29, 1.82) is 0 Å². The monoisotopic (exact) mass is 638 g/mol. The largest absolute Gasteiger partial charge is 0.497 e. The average molecular weight is 639 g/mol. The van der Waals surface area contributed by atoms with E-state index in [1.165, 1.54) is 35.4 Å². The van der Waals surface area contributed by atoms with E-state index in [9.17, 15) is 14.4 Å². The van der Waals surface area contributed by atoms with Crippen LogP contribution >= 0.6 is 23.1 Å². The Hall–Kier alpha value is -5.13. The number of rotatable bonds is 12. The van der Waals surface area contributed by atoms with Gasteiger partial charge < -0.3 is 25.1 Å². The van der Waals surface area contributed by atoms with Gasteiger partial charge in [0.05, 0.1) is 24.3 Å². The maximum atomic E-state index is 13.3. The van der Waals surface area contributed by atoms with Crippen molar-refractivity contribution < 1.29 is 23.5 Å². The zero-order valence-electron chi connectivity index (χ0n) is 24.5. The predicted octanol–water partition coefficient (Wildman–Crippen LogP) is 7.33. The van der Waals surface area contributed by atoms with Crippen LogP contribution in [0.1, 0.15) is 29.5 Å². The second-order valence-corrected chi connectivity index (χ2v) is 11.8. The van der Waals surface area contributed by atoms with Gasteiger partial charge in [-0.3, -0.25) is 14.4 Å². The van der Waals surface area contributed by atoms with Crippen LogP contribution in [0.4, 0.5) is 10.8 Å². The molecule has 1 unspecified atom stereocenters. The molecule has 11 heteroatoms. The minimum Gasteiger partial charge on any atom is -0.497 e. The van der Waals surface area contributed by atoms with Crippen molar-refractivity contribution in [3.63, 3.8) is 0 Å². The van der Waals surface area contributed by atoms with Gasteiger partial charge in [-0.05, 0) is 61.0 Å². The van der Waals surface area contributed by atoms with E-state index in [0.29, 0.717) is 28.6 Å². The number of thioether (sulfide) groups is 1. The van der Waals surface area contributed by atoms with Crippen LogP contribution < -0.4 is 20.7 Å². The Bertz CT molecular complexity index is 1800. The zero-order chi connectivity index (χ0) is 31.6. The number of nitrogens with one attached hydrogen (secondary N) is 3. The van der Waals surface area contributed by atoms with Gasteiger partial charge in [0.1, 0.15) is 17.2 Å². The minimum absolute atomic E-state index is 0.0134. The first-order valence-corrected chi connectivity index (χ1v) is 15.8. The van der Waals surface area contributed by atoms with Crippen molar-refractivity contribution in [2.75, 3.05) is 17.7 Å². The summed E-state index contributed by atoms with van der Waals surface area (Å²) < 4.78 is 10.7. The Morgan fingerprint density at radius 2 is 1.80 bits per heavy atom. The van der Waals surface area contributed by atoms with Gasteiger partial charge in [-0.25, -0.2) is 4.98 Å². The molecule has 5 aromatic rings. The van der Waals surface area contributed by atoms with Gasteiger partial charge in [-0.1, -0.05) is 43.3 Å². The molecule has 0 aliphatic rings. The SMILES string of the molecule is CCC(Sc1cccc(NC(=O)/C(=C/c2ccco2)NC(=O)c2ccccc2)c1)C(=O)Nc1nc(-c2cccc(OC)c2)cs1. The topological polar surface area (TPSA) is 123 Å². The van der Waals surface area contributed by atoms with Crippen LogP contribution in [-0.4, -0.2) is 35.1 Å². The Kier molecular flexibility index (Phi) is 10.5. The summed E-state index contributed by atoms with van der Waals surface area (Å²) in [5.41, 5.74) is 2.57. The number of hydrogen-bond acceptors (Lipinski definition) is 8. The highest BCUT2D eigenvalue weighted by molar-refractivity contribution is 8.00. The zero-order valence-corrected chi connectivity index (χ0v) is 26.1. The van der Waals surface area contributed by atoms with Gasteiger partial charge in [0.15, 0.2) is 5.13 Å². The lowest BCUT2D eigenvalue weighted by atomic mass is 10.2. The molecule has 2 aromatic heterocycles. The fourth-order valence-corrected chi connectivity index (χ4v) is 5.96. The summed E-state index contributed by atoms with van der Waals surface area (Å²) in [6.45, 7) is 1.94. The van der Waals surface area contributed by atoms with Crippen molar-refractivity contribution in [2.45, 2.75) is 23.5 Å². The van der Waals surface area contributed by atoms with E-state index in [2.05, 4.69) is 20.9 Å². The van der Waals surface area contributed by atoms with Crippen molar-refractivity contribution in [3.8, 4) is 17.0 Å². The summed E-state index contributed by atoms with van der Waals surface area (Å²) in [4.78, 5) is 44.7. The lowest BCUT2D eigenvalue weighted by Crippen LogP contribution is -2.30. The third-order valence-corrected chi connectivity index (χ3v) is 8.61. The van der Waals surface area contributed by atoms with Crippen LogP contribution in [0.25, 0.3) is 17.3 Å². The maximum absolute atomic E-state index is 13.3. The molecule has 228 valence electrons. The van der Waals surface area contributed by atoms with E-state index >= 15 is 0 Å². The minimum atomic E-state index is -0.529. The number of carbonyl (C=O) groups excluding carboxylic acids is 3. The number of anilines is 2. The Balaban J connectivity index is 1.25. The third-order valence-electron chi connectivity index (χ3n) is 6.49. The summed E-state index contributed by atoms with van der Waals surface area (Å²) in [6, 6.07) is 26.8. The van der Waals surface area contributed by atoms with E-state index in [4.69, 9.17) is 9.15 Å². The maximum Gasteiger partial charge on any atom is 0.272 e. The highest BCUT2D eigenvalue weighted by Gasteiger charge is 2.21. The van der Waals surface area contributed by atoms with E-state index in [1.54, 1.807) is 67.8 Å². The first-order chi connectivity index (χ1) is 21.9. The molecule has 0 fully saturated rings. The fraction of sp³-hybridized carbons (Fsp3) is 0.118. The van der Waals surface area contributed by atoms with Gasteiger partial charge in [-0.15, -0.1) is 23.1 Å². The van der Waals surface area contributed by atoms with Crippen LogP contribution in [0.3, 0.4) is 0 Å². The lowest BCUT2D eigenvalue weighted by molar-refractivity contribution is -0.116. The molecule has 0 saturated heterocycles. The highest BCUT2D eigenvalue weighted by atomic mass is 32.2. The van der Waals surface area contributed by atoms with Crippen LogP contribution in [0.15, 0.2) is 118 Å². The summed E-state index contributed by atoms with van der Waals surface area (Å²) in [5, 5.41) is 10.5. The number of nitrogens with zero attached hydrogens (tertiary/aromatic N) is 1. The average Bonchev–Trinajstić information content (AvgIpc) is 3.76. The number of ether oxygens (including phenoxy) is 1.